The summed E-state index contributed by atoms with van der Waals surface area (Å²) in [6, 6.07) is 9.10. The summed E-state index contributed by atoms with van der Waals surface area (Å²) in [4.78, 5) is 37.9. The summed E-state index contributed by atoms with van der Waals surface area (Å²) in [5.41, 5.74) is 1.57. The van der Waals surface area contributed by atoms with Gasteiger partial charge in [0.1, 0.15) is 12.1 Å². The Kier molecular flexibility index (Phi) is 5.34. The lowest BCUT2D eigenvalue weighted by molar-refractivity contribution is -0.123. The van der Waals surface area contributed by atoms with Gasteiger partial charge in [0.2, 0.25) is 5.91 Å². The number of rotatable bonds is 3. The fourth-order valence-corrected chi connectivity index (χ4v) is 3.51. The number of carbonyl (C=O) groups excluding carboxylic acids is 2. The van der Waals surface area contributed by atoms with Crippen molar-refractivity contribution in [1.29, 1.82) is 0 Å². The Hall–Kier alpha value is -3.49. The predicted octanol–water partition coefficient (Wildman–Crippen LogP) is 2.38. The maximum absolute atomic E-state index is 13.1. The van der Waals surface area contributed by atoms with E-state index in [0.717, 1.165) is 11.5 Å². The van der Waals surface area contributed by atoms with Crippen LogP contribution in [-0.4, -0.2) is 62.5 Å². The van der Waals surface area contributed by atoms with Crippen molar-refractivity contribution >= 4 is 29.1 Å². The van der Waals surface area contributed by atoms with Crippen molar-refractivity contribution in [3.05, 3.63) is 47.9 Å². The van der Waals surface area contributed by atoms with Crippen LogP contribution in [0.1, 0.15) is 36.8 Å². The summed E-state index contributed by atoms with van der Waals surface area (Å²) in [5, 5.41) is 7.16. The minimum absolute atomic E-state index is 0.0386. The molecule has 0 unspecified atom stereocenters. The Balaban J connectivity index is 1.44. The topological polar surface area (TPSA) is 95.7 Å². The monoisotopic (exact) mass is 421 g/mol. The number of carbonyl (C=O) groups is 2. The smallest absolute Gasteiger partial charge is 0.254 e. The molecule has 0 spiro atoms. The van der Waals surface area contributed by atoms with Crippen LogP contribution in [0.2, 0.25) is 0 Å². The second-order valence-electron chi connectivity index (χ2n) is 8.79. The molecule has 3 aromatic rings. The van der Waals surface area contributed by atoms with Gasteiger partial charge >= 0.3 is 0 Å². The van der Waals surface area contributed by atoms with Crippen molar-refractivity contribution in [3.63, 3.8) is 0 Å². The number of hydrogen-bond donors (Lipinski definition) is 1. The van der Waals surface area contributed by atoms with E-state index in [0.29, 0.717) is 43.2 Å². The first kappa shape index (κ1) is 20.8. The van der Waals surface area contributed by atoms with E-state index >= 15 is 0 Å². The van der Waals surface area contributed by atoms with Crippen LogP contribution in [0.5, 0.6) is 0 Å². The van der Waals surface area contributed by atoms with Crippen molar-refractivity contribution in [1.82, 2.24) is 24.5 Å². The summed E-state index contributed by atoms with van der Waals surface area (Å²) in [6.07, 6.45) is 1.50. The summed E-state index contributed by atoms with van der Waals surface area (Å²) in [5.74, 6) is 1.38. The van der Waals surface area contributed by atoms with Gasteiger partial charge in [0.15, 0.2) is 0 Å². The van der Waals surface area contributed by atoms with Gasteiger partial charge in [-0.1, -0.05) is 26.8 Å². The lowest BCUT2D eigenvalue weighted by atomic mass is 9.95. The number of aromatic nitrogens is 4. The molecule has 1 aromatic carbocycles. The third kappa shape index (κ3) is 4.35. The van der Waals surface area contributed by atoms with E-state index in [1.165, 1.54) is 6.33 Å². The summed E-state index contributed by atoms with van der Waals surface area (Å²) in [6.45, 7) is 10.1. The Morgan fingerprint density at radius 3 is 2.52 bits per heavy atom. The van der Waals surface area contributed by atoms with Crippen molar-refractivity contribution in [2.75, 3.05) is 36.4 Å². The zero-order valence-corrected chi connectivity index (χ0v) is 18.3. The highest BCUT2D eigenvalue weighted by atomic mass is 16.2. The first-order chi connectivity index (χ1) is 14.7. The molecule has 0 saturated carbocycles. The van der Waals surface area contributed by atoms with Gasteiger partial charge < -0.3 is 15.1 Å². The number of anilines is 2. The van der Waals surface area contributed by atoms with Gasteiger partial charge in [0, 0.05) is 54.6 Å². The van der Waals surface area contributed by atoms with E-state index in [9.17, 15) is 9.59 Å². The number of fused-ring (bicyclic) bond motifs is 1. The third-order valence-corrected chi connectivity index (χ3v) is 5.30. The van der Waals surface area contributed by atoms with Crippen molar-refractivity contribution in [2.45, 2.75) is 27.7 Å². The predicted molar refractivity (Wildman–Crippen MR) is 118 cm³/mol. The molecule has 0 atom stereocenters. The number of aryl methyl sites for hydroxylation is 1. The summed E-state index contributed by atoms with van der Waals surface area (Å²) < 4.78 is 1.73. The molecule has 1 aliphatic rings. The highest BCUT2D eigenvalue weighted by Crippen LogP contribution is 2.21. The highest BCUT2D eigenvalue weighted by molar-refractivity contribution is 5.98. The standard InChI is InChI=1S/C22H27N7O2/c1-15-12-18(29-21(25-15)23-14-24-29)27-8-10-28(11-9-27)19(30)16-6-5-7-17(13-16)26-20(31)22(2,3)4/h5-7,12-14H,8-11H2,1-4H3,(H,26,31). The summed E-state index contributed by atoms with van der Waals surface area (Å²) in [7, 11) is 0. The lowest BCUT2D eigenvalue weighted by Gasteiger charge is -2.36. The molecular weight excluding hydrogens is 394 g/mol. The number of hydrogen-bond acceptors (Lipinski definition) is 6. The molecular formula is C22H27N7O2. The molecule has 0 bridgehead atoms. The van der Waals surface area contributed by atoms with Crippen LogP contribution in [0.15, 0.2) is 36.7 Å². The van der Waals surface area contributed by atoms with E-state index in [1.807, 2.05) is 38.7 Å². The minimum Gasteiger partial charge on any atom is -0.353 e. The van der Waals surface area contributed by atoms with Gasteiger partial charge in [-0.05, 0) is 25.1 Å². The van der Waals surface area contributed by atoms with Crippen molar-refractivity contribution in [3.8, 4) is 0 Å². The molecule has 9 nitrogen and oxygen atoms in total. The second-order valence-corrected chi connectivity index (χ2v) is 8.79. The van der Waals surface area contributed by atoms with Crippen molar-refractivity contribution < 1.29 is 9.59 Å². The van der Waals surface area contributed by atoms with Crippen LogP contribution in [0.4, 0.5) is 11.5 Å². The molecule has 2 aromatic heterocycles. The van der Waals surface area contributed by atoms with Crippen LogP contribution < -0.4 is 10.2 Å². The van der Waals surface area contributed by atoms with Crippen LogP contribution in [0.25, 0.3) is 5.78 Å². The average molecular weight is 422 g/mol. The maximum Gasteiger partial charge on any atom is 0.254 e. The van der Waals surface area contributed by atoms with Crippen LogP contribution in [0.3, 0.4) is 0 Å². The molecule has 31 heavy (non-hydrogen) atoms. The first-order valence-corrected chi connectivity index (χ1v) is 10.4. The molecule has 1 N–H and O–H groups in total. The van der Waals surface area contributed by atoms with Crippen LogP contribution in [-0.2, 0) is 4.79 Å². The molecule has 0 aliphatic carbocycles. The zero-order chi connectivity index (χ0) is 22.2. The van der Waals surface area contributed by atoms with E-state index in [-0.39, 0.29) is 11.8 Å². The van der Waals surface area contributed by atoms with Gasteiger partial charge in [0.25, 0.3) is 11.7 Å². The van der Waals surface area contributed by atoms with E-state index < -0.39 is 5.41 Å². The van der Waals surface area contributed by atoms with E-state index in [4.69, 9.17) is 0 Å². The zero-order valence-electron chi connectivity index (χ0n) is 18.3. The van der Waals surface area contributed by atoms with E-state index in [1.54, 1.807) is 28.8 Å². The first-order valence-electron chi connectivity index (χ1n) is 10.4. The largest absolute Gasteiger partial charge is 0.353 e. The van der Waals surface area contributed by atoms with Gasteiger partial charge in [-0.2, -0.15) is 14.6 Å². The molecule has 2 amide bonds. The molecule has 3 heterocycles. The molecule has 1 fully saturated rings. The second kappa shape index (κ2) is 7.98. The molecule has 1 saturated heterocycles. The van der Waals surface area contributed by atoms with Gasteiger partial charge in [0.05, 0.1) is 0 Å². The fourth-order valence-electron chi connectivity index (χ4n) is 3.51. The lowest BCUT2D eigenvalue weighted by Crippen LogP contribution is -2.49. The molecule has 9 heteroatoms. The number of nitrogens with one attached hydrogen (secondary N) is 1. The molecule has 4 rings (SSSR count). The number of nitrogens with zero attached hydrogens (tertiary/aromatic N) is 6. The molecule has 162 valence electrons. The Morgan fingerprint density at radius 2 is 1.81 bits per heavy atom. The molecule has 1 aliphatic heterocycles. The Labute approximate surface area is 181 Å². The van der Waals surface area contributed by atoms with Crippen LogP contribution >= 0.6 is 0 Å². The van der Waals surface area contributed by atoms with Gasteiger partial charge in [-0.3, -0.25) is 9.59 Å². The fraction of sp³-hybridized carbons (Fsp3) is 0.409. The van der Waals surface area contributed by atoms with Gasteiger partial charge in [-0.25, -0.2) is 4.98 Å². The molecule has 0 radical (unpaired) electrons. The van der Waals surface area contributed by atoms with Crippen LogP contribution in [0, 0.1) is 12.3 Å². The van der Waals surface area contributed by atoms with Gasteiger partial charge in [-0.15, -0.1) is 0 Å². The minimum atomic E-state index is -0.503. The number of amides is 2. The number of piperazine rings is 1. The maximum atomic E-state index is 13.1. The average Bonchev–Trinajstić information content (AvgIpc) is 3.20. The Bertz CT molecular complexity index is 1120. The summed E-state index contributed by atoms with van der Waals surface area (Å²) >= 11 is 0. The normalized spacial score (nSPS) is 14.7. The van der Waals surface area contributed by atoms with Crippen molar-refractivity contribution in [2.24, 2.45) is 5.41 Å². The quantitative estimate of drug-likeness (QED) is 0.698. The highest BCUT2D eigenvalue weighted by Gasteiger charge is 2.25. The third-order valence-electron chi connectivity index (χ3n) is 5.30. The number of benzene rings is 1. The van der Waals surface area contributed by atoms with E-state index in [2.05, 4.69) is 25.3 Å². The SMILES string of the molecule is Cc1cc(N2CCN(C(=O)c3cccc(NC(=O)C(C)(C)C)c3)CC2)n2ncnc2n1. The Morgan fingerprint density at radius 1 is 1.06 bits per heavy atom.